The minimum absolute atomic E-state index is 0.0300. The van der Waals surface area contributed by atoms with Crippen molar-refractivity contribution in [1.29, 1.82) is 0 Å². The van der Waals surface area contributed by atoms with Crippen LogP contribution in [0.4, 0.5) is 5.82 Å². The van der Waals surface area contributed by atoms with Crippen molar-refractivity contribution in [2.24, 2.45) is 0 Å². The van der Waals surface area contributed by atoms with Gasteiger partial charge < -0.3 is 11.1 Å². The molecule has 3 N–H and O–H groups in total. The summed E-state index contributed by atoms with van der Waals surface area (Å²) < 4.78 is 0. The highest BCUT2D eigenvalue weighted by molar-refractivity contribution is 5.98. The van der Waals surface area contributed by atoms with Crippen LogP contribution in [0.15, 0.2) is 30.6 Å². The first-order valence-corrected chi connectivity index (χ1v) is 5.92. The van der Waals surface area contributed by atoms with Crippen molar-refractivity contribution in [3.05, 3.63) is 36.2 Å². The van der Waals surface area contributed by atoms with Crippen LogP contribution >= 0.6 is 0 Å². The van der Waals surface area contributed by atoms with Crippen LogP contribution < -0.4 is 11.1 Å². The number of hydrogen-bond acceptors (Lipinski definition) is 5. The van der Waals surface area contributed by atoms with E-state index in [0.29, 0.717) is 11.5 Å². The number of aromatic nitrogens is 3. The summed E-state index contributed by atoms with van der Waals surface area (Å²) in [6.07, 6.45) is 3.07. The lowest BCUT2D eigenvalue weighted by Gasteiger charge is -2.09. The Morgan fingerprint density at radius 3 is 2.68 bits per heavy atom. The maximum Gasteiger partial charge on any atom is 0.256 e. The number of carbonyl (C=O) groups is 1. The third kappa shape index (κ3) is 3.04. The number of nitrogens with one attached hydrogen (secondary N) is 1. The van der Waals surface area contributed by atoms with Gasteiger partial charge in [-0.3, -0.25) is 9.78 Å². The van der Waals surface area contributed by atoms with Crippen molar-refractivity contribution >= 4 is 11.7 Å². The number of rotatable bonds is 3. The number of carbonyl (C=O) groups excluding carboxylic acids is 1. The second-order valence-corrected chi connectivity index (χ2v) is 4.34. The molecule has 2 heterocycles. The highest BCUT2D eigenvalue weighted by Gasteiger charge is 2.14. The van der Waals surface area contributed by atoms with E-state index in [0.717, 1.165) is 0 Å². The van der Waals surface area contributed by atoms with Crippen molar-refractivity contribution in [3.8, 4) is 11.5 Å². The van der Waals surface area contributed by atoms with E-state index in [1.807, 2.05) is 19.9 Å². The van der Waals surface area contributed by atoms with Crippen molar-refractivity contribution in [3.63, 3.8) is 0 Å². The lowest BCUT2D eigenvalue weighted by molar-refractivity contribution is 0.0943. The monoisotopic (exact) mass is 257 g/mol. The second kappa shape index (κ2) is 5.43. The number of amides is 1. The van der Waals surface area contributed by atoms with Crippen LogP contribution in [0.1, 0.15) is 24.2 Å². The van der Waals surface area contributed by atoms with Crippen LogP contribution in [-0.4, -0.2) is 26.9 Å². The molecule has 0 aliphatic heterocycles. The van der Waals surface area contributed by atoms with E-state index >= 15 is 0 Å². The van der Waals surface area contributed by atoms with Crippen molar-refractivity contribution < 1.29 is 4.79 Å². The summed E-state index contributed by atoms with van der Waals surface area (Å²) in [7, 11) is 0. The van der Waals surface area contributed by atoms with Crippen molar-refractivity contribution in [2.45, 2.75) is 19.9 Å². The Kier molecular flexibility index (Phi) is 3.70. The molecule has 0 spiro atoms. The van der Waals surface area contributed by atoms with Gasteiger partial charge in [-0.05, 0) is 26.0 Å². The van der Waals surface area contributed by atoms with Gasteiger partial charge in [-0.25, -0.2) is 9.97 Å². The lowest BCUT2D eigenvalue weighted by atomic mass is 10.2. The van der Waals surface area contributed by atoms with Crippen LogP contribution in [0.25, 0.3) is 11.5 Å². The van der Waals surface area contributed by atoms with Gasteiger partial charge in [0, 0.05) is 18.4 Å². The molecular formula is C13H15N5O. The zero-order valence-corrected chi connectivity index (χ0v) is 10.8. The quantitative estimate of drug-likeness (QED) is 0.863. The van der Waals surface area contributed by atoms with E-state index in [4.69, 9.17) is 5.73 Å². The zero-order valence-electron chi connectivity index (χ0n) is 10.8. The molecule has 6 heteroatoms. The molecule has 0 aromatic carbocycles. The van der Waals surface area contributed by atoms with Gasteiger partial charge in [-0.15, -0.1) is 0 Å². The highest BCUT2D eigenvalue weighted by atomic mass is 16.1. The van der Waals surface area contributed by atoms with E-state index in [-0.39, 0.29) is 23.3 Å². The summed E-state index contributed by atoms with van der Waals surface area (Å²) in [6.45, 7) is 3.74. The topological polar surface area (TPSA) is 93.8 Å². The first-order chi connectivity index (χ1) is 9.08. The van der Waals surface area contributed by atoms with Gasteiger partial charge in [0.2, 0.25) is 0 Å². The molecule has 0 unspecified atom stereocenters. The summed E-state index contributed by atoms with van der Waals surface area (Å²) in [5.41, 5.74) is 6.68. The Morgan fingerprint density at radius 1 is 1.32 bits per heavy atom. The van der Waals surface area contributed by atoms with E-state index in [1.165, 1.54) is 6.20 Å². The Morgan fingerprint density at radius 2 is 2.11 bits per heavy atom. The normalized spacial score (nSPS) is 10.5. The molecule has 98 valence electrons. The van der Waals surface area contributed by atoms with Gasteiger partial charge in [0.1, 0.15) is 11.5 Å². The van der Waals surface area contributed by atoms with Gasteiger partial charge >= 0.3 is 0 Å². The predicted octanol–water partition coefficient (Wildman–Crippen LogP) is 1.26. The maximum atomic E-state index is 11.8. The molecule has 0 aliphatic rings. The van der Waals surface area contributed by atoms with Crippen molar-refractivity contribution in [2.75, 3.05) is 5.73 Å². The van der Waals surface area contributed by atoms with Crippen LogP contribution in [-0.2, 0) is 0 Å². The molecule has 2 aromatic rings. The number of nitrogen functional groups attached to an aromatic ring is 1. The fourth-order valence-corrected chi connectivity index (χ4v) is 1.53. The number of pyridine rings is 1. The molecule has 6 nitrogen and oxygen atoms in total. The minimum Gasteiger partial charge on any atom is -0.383 e. The van der Waals surface area contributed by atoms with Gasteiger partial charge in [0.05, 0.1) is 5.56 Å². The summed E-state index contributed by atoms with van der Waals surface area (Å²) in [5.74, 6) is 0.271. The molecule has 0 saturated carbocycles. The average molecular weight is 257 g/mol. The number of nitrogens with zero attached hydrogens (tertiary/aromatic N) is 3. The van der Waals surface area contributed by atoms with Crippen LogP contribution in [0.5, 0.6) is 0 Å². The summed E-state index contributed by atoms with van der Waals surface area (Å²) in [6, 6.07) is 5.45. The molecule has 0 radical (unpaired) electrons. The van der Waals surface area contributed by atoms with Crippen LogP contribution in [0, 0.1) is 0 Å². The molecular weight excluding hydrogens is 242 g/mol. The number of anilines is 1. The predicted molar refractivity (Wildman–Crippen MR) is 72.3 cm³/mol. The third-order valence-electron chi connectivity index (χ3n) is 2.38. The summed E-state index contributed by atoms with van der Waals surface area (Å²) in [4.78, 5) is 24.2. The molecule has 1 amide bonds. The molecule has 2 aromatic heterocycles. The van der Waals surface area contributed by atoms with Gasteiger partial charge in [0.15, 0.2) is 5.82 Å². The van der Waals surface area contributed by atoms with E-state index in [2.05, 4.69) is 20.3 Å². The third-order valence-corrected chi connectivity index (χ3v) is 2.38. The Balaban J connectivity index is 2.30. The van der Waals surface area contributed by atoms with Gasteiger partial charge in [-0.1, -0.05) is 6.07 Å². The largest absolute Gasteiger partial charge is 0.383 e. The smallest absolute Gasteiger partial charge is 0.256 e. The standard InChI is InChI=1S/C13H15N5O/c1-8(2)17-13(19)9-7-16-12(18-11(9)14)10-5-3-4-6-15-10/h3-8H,1-2H3,(H,17,19)(H2,14,16,18). The van der Waals surface area contributed by atoms with E-state index in [1.54, 1.807) is 18.3 Å². The van der Waals surface area contributed by atoms with E-state index in [9.17, 15) is 4.79 Å². The first kappa shape index (κ1) is 12.9. The maximum absolute atomic E-state index is 11.8. The molecule has 19 heavy (non-hydrogen) atoms. The van der Waals surface area contributed by atoms with Crippen LogP contribution in [0.3, 0.4) is 0 Å². The Labute approximate surface area is 111 Å². The van der Waals surface area contributed by atoms with Crippen LogP contribution in [0.2, 0.25) is 0 Å². The molecule has 0 fully saturated rings. The fraction of sp³-hybridized carbons (Fsp3) is 0.231. The second-order valence-electron chi connectivity index (χ2n) is 4.34. The Bertz CT molecular complexity index is 583. The average Bonchev–Trinajstić information content (AvgIpc) is 2.38. The minimum atomic E-state index is -0.278. The first-order valence-electron chi connectivity index (χ1n) is 5.92. The van der Waals surface area contributed by atoms with Gasteiger partial charge in [-0.2, -0.15) is 0 Å². The summed E-state index contributed by atoms with van der Waals surface area (Å²) in [5, 5.41) is 2.74. The fourth-order valence-electron chi connectivity index (χ4n) is 1.53. The molecule has 0 saturated heterocycles. The Hall–Kier alpha value is -2.50. The number of hydrogen-bond donors (Lipinski definition) is 2. The SMILES string of the molecule is CC(C)NC(=O)c1cnc(-c2ccccn2)nc1N. The van der Waals surface area contributed by atoms with Crippen molar-refractivity contribution in [1.82, 2.24) is 20.3 Å². The molecule has 2 rings (SSSR count). The zero-order chi connectivity index (χ0) is 13.8. The molecule has 0 bridgehead atoms. The lowest BCUT2D eigenvalue weighted by Crippen LogP contribution is -2.31. The number of nitrogens with two attached hydrogens (primary N) is 1. The molecule has 0 aliphatic carbocycles. The molecule has 0 atom stereocenters. The summed E-state index contributed by atoms with van der Waals surface area (Å²) >= 11 is 0. The highest BCUT2D eigenvalue weighted by Crippen LogP contribution is 2.15. The van der Waals surface area contributed by atoms with Gasteiger partial charge in [0.25, 0.3) is 5.91 Å². The van der Waals surface area contributed by atoms with E-state index < -0.39 is 0 Å².